The van der Waals surface area contributed by atoms with E-state index in [1.54, 1.807) is 12.1 Å². The Morgan fingerprint density at radius 3 is 2.00 bits per heavy atom. The summed E-state index contributed by atoms with van der Waals surface area (Å²) in [5, 5.41) is 0. The molecule has 0 bridgehead atoms. The van der Waals surface area contributed by atoms with E-state index in [-0.39, 0.29) is 18.1 Å². The highest BCUT2D eigenvalue weighted by Gasteiger charge is 2.25. The number of hydrogen-bond acceptors (Lipinski definition) is 1. The molecule has 1 atom stereocenters. The zero-order chi connectivity index (χ0) is 14.8. The molecule has 20 heavy (non-hydrogen) atoms. The first-order chi connectivity index (χ1) is 9.38. The summed E-state index contributed by atoms with van der Waals surface area (Å²) in [6, 6.07) is 14.1. The standard InChI is InChI=1S/C16H15BrFNO/c1-16(17,10-15(19)20)13-6-2-11(3-7-13)12-4-8-14(18)9-5-12/h2-9H,10H2,1H3,(H2,19,20). The molecular formula is C16H15BrFNO. The zero-order valence-electron chi connectivity index (χ0n) is 11.1. The van der Waals surface area contributed by atoms with E-state index in [1.165, 1.54) is 12.1 Å². The fourth-order valence-electron chi connectivity index (χ4n) is 2.08. The van der Waals surface area contributed by atoms with Crippen molar-refractivity contribution in [3.63, 3.8) is 0 Å². The molecule has 0 aliphatic carbocycles. The predicted molar refractivity (Wildman–Crippen MR) is 81.9 cm³/mol. The van der Waals surface area contributed by atoms with Crippen molar-refractivity contribution in [2.24, 2.45) is 5.73 Å². The highest BCUT2D eigenvalue weighted by Crippen LogP contribution is 2.35. The van der Waals surface area contributed by atoms with Gasteiger partial charge in [-0.05, 0) is 35.7 Å². The van der Waals surface area contributed by atoms with Crippen LogP contribution in [0.1, 0.15) is 18.9 Å². The maximum absolute atomic E-state index is 12.9. The Morgan fingerprint density at radius 1 is 1.10 bits per heavy atom. The maximum atomic E-state index is 12.9. The van der Waals surface area contributed by atoms with Crippen LogP contribution >= 0.6 is 15.9 Å². The SMILES string of the molecule is CC(Br)(CC(N)=O)c1ccc(-c2ccc(F)cc2)cc1. The molecule has 0 aromatic heterocycles. The number of amides is 1. The molecule has 2 rings (SSSR count). The van der Waals surface area contributed by atoms with Gasteiger partial charge >= 0.3 is 0 Å². The molecule has 104 valence electrons. The Bertz CT molecular complexity index is 605. The summed E-state index contributed by atoms with van der Waals surface area (Å²) >= 11 is 3.53. The molecule has 1 unspecified atom stereocenters. The lowest BCUT2D eigenvalue weighted by Crippen LogP contribution is -2.23. The lowest BCUT2D eigenvalue weighted by atomic mass is 9.95. The zero-order valence-corrected chi connectivity index (χ0v) is 12.7. The number of primary amides is 1. The van der Waals surface area contributed by atoms with E-state index in [0.717, 1.165) is 16.7 Å². The van der Waals surface area contributed by atoms with Gasteiger partial charge in [-0.25, -0.2) is 4.39 Å². The minimum Gasteiger partial charge on any atom is -0.370 e. The first-order valence-electron chi connectivity index (χ1n) is 6.22. The molecule has 2 aromatic rings. The summed E-state index contributed by atoms with van der Waals surface area (Å²) in [5.41, 5.74) is 8.17. The second kappa shape index (κ2) is 5.75. The fourth-order valence-corrected chi connectivity index (χ4v) is 2.62. The first kappa shape index (κ1) is 14.7. The predicted octanol–water partition coefficient (Wildman–Crippen LogP) is 3.98. The lowest BCUT2D eigenvalue weighted by Gasteiger charge is -2.21. The minimum absolute atomic E-state index is 0.225. The van der Waals surface area contributed by atoms with Gasteiger partial charge in [-0.1, -0.05) is 52.3 Å². The molecule has 2 aromatic carbocycles. The van der Waals surface area contributed by atoms with Gasteiger partial charge < -0.3 is 5.73 Å². The van der Waals surface area contributed by atoms with Crippen LogP contribution in [-0.4, -0.2) is 5.91 Å². The van der Waals surface area contributed by atoms with Crippen LogP contribution in [0.25, 0.3) is 11.1 Å². The molecule has 0 spiro atoms. The molecule has 2 nitrogen and oxygen atoms in total. The van der Waals surface area contributed by atoms with Crippen molar-refractivity contribution >= 4 is 21.8 Å². The van der Waals surface area contributed by atoms with E-state index >= 15 is 0 Å². The molecule has 0 saturated heterocycles. The summed E-state index contributed by atoms with van der Waals surface area (Å²) in [6.07, 6.45) is 0.225. The van der Waals surface area contributed by atoms with E-state index < -0.39 is 4.32 Å². The largest absolute Gasteiger partial charge is 0.370 e. The Kier molecular flexibility index (Phi) is 4.23. The first-order valence-corrected chi connectivity index (χ1v) is 7.01. The van der Waals surface area contributed by atoms with Crippen molar-refractivity contribution < 1.29 is 9.18 Å². The molecule has 2 N–H and O–H groups in total. The van der Waals surface area contributed by atoms with E-state index in [1.807, 2.05) is 31.2 Å². The Labute approximate surface area is 125 Å². The van der Waals surface area contributed by atoms with Gasteiger partial charge in [0, 0.05) is 6.42 Å². The molecule has 0 aliphatic heterocycles. The number of benzene rings is 2. The lowest BCUT2D eigenvalue weighted by molar-refractivity contribution is -0.118. The number of carbonyl (C=O) groups excluding carboxylic acids is 1. The molecule has 0 fully saturated rings. The van der Waals surface area contributed by atoms with Gasteiger partial charge in [0.25, 0.3) is 0 Å². The highest BCUT2D eigenvalue weighted by molar-refractivity contribution is 9.09. The molecular weight excluding hydrogens is 321 g/mol. The molecule has 0 heterocycles. The molecule has 0 radical (unpaired) electrons. The molecule has 0 aliphatic rings. The topological polar surface area (TPSA) is 43.1 Å². The fraction of sp³-hybridized carbons (Fsp3) is 0.188. The second-order valence-corrected chi connectivity index (χ2v) is 6.67. The van der Waals surface area contributed by atoms with Crippen LogP contribution in [0.5, 0.6) is 0 Å². The van der Waals surface area contributed by atoms with Crippen molar-refractivity contribution in [3.05, 3.63) is 59.9 Å². The van der Waals surface area contributed by atoms with E-state index in [0.29, 0.717) is 0 Å². The van der Waals surface area contributed by atoms with Crippen LogP contribution < -0.4 is 5.73 Å². The highest BCUT2D eigenvalue weighted by atomic mass is 79.9. The van der Waals surface area contributed by atoms with Crippen molar-refractivity contribution in [1.82, 2.24) is 0 Å². The van der Waals surface area contributed by atoms with E-state index in [2.05, 4.69) is 15.9 Å². The summed E-state index contributed by atoms with van der Waals surface area (Å²) < 4.78 is 12.4. The molecule has 0 saturated carbocycles. The third-order valence-corrected chi connectivity index (χ3v) is 3.91. The molecule has 1 amide bonds. The van der Waals surface area contributed by atoms with Gasteiger partial charge in [0.2, 0.25) is 5.91 Å². The van der Waals surface area contributed by atoms with Gasteiger partial charge in [-0.2, -0.15) is 0 Å². The van der Waals surface area contributed by atoms with Crippen molar-refractivity contribution in [2.75, 3.05) is 0 Å². The van der Waals surface area contributed by atoms with Crippen molar-refractivity contribution in [3.8, 4) is 11.1 Å². The normalized spacial score (nSPS) is 13.8. The van der Waals surface area contributed by atoms with Crippen LogP contribution in [0.4, 0.5) is 4.39 Å². The van der Waals surface area contributed by atoms with Gasteiger partial charge in [0.1, 0.15) is 5.82 Å². The van der Waals surface area contributed by atoms with E-state index in [9.17, 15) is 9.18 Å². The van der Waals surface area contributed by atoms with E-state index in [4.69, 9.17) is 5.73 Å². The van der Waals surface area contributed by atoms with Crippen molar-refractivity contribution in [2.45, 2.75) is 17.7 Å². The van der Waals surface area contributed by atoms with Gasteiger partial charge in [0.15, 0.2) is 0 Å². The summed E-state index contributed by atoms with van der Waals surface area (Å²) in [6.45, 7) is 1.91. The van der Waals surface area contributed by atoms with Crippen molar-refractivity contribution in [1.29, 1.82) is 0 Å². The van der Waals surface area contributed by atoms with Gasteiger partial charge in [0.05, 0.1) is 4.32 Å². The quantitative estimate of drug-likeness (QED) is 0.844. The second-order valence-electron chi connectivity index (χ2n) is 4.92. The van der Waals surface area contributed by atoms with Gasteiger partial charge in [-0.15, -0.1) is 0 Å². The van der Waals surface area contributed by atoms with Crippen LogP contribution in [0.2, 0.25) is 0 Å². The number of rotatable bonds is 4. The number of nitrogens with two attached hydrogens (primary N) is 1. The number of hydrogen-bond donors (Lipinski definition) is 1. The third-order valence-electron chi connectivity index (χ3n) is 3.17. The van der Waals surface area contributed by atoms with Crippen LogP contribution in [0.15, 0.2) is 48.5 Å². The Balaban J connectivity index is 2.26. The maximum Gasteiger partial charge on any atom is 0.219 e. The third kappa shape index (κ3) is 3.45. The average Bonchev–Trinajstić information content (AvgIpc) is 2.38. The molecule has 4 heteroatoms. The Morgan fingerprint density at radius 2 is 1.55 bits per heavy atom. The number of carbonyl (C=O) groups is 1. The summed E-state index contributed by atoms with van der Waals surface area (Å²) in [7, 11) is 0. The number of halogens is 2. The van der Waals surface area contributed by atoms with Crippen LogP contribution in [0, 0.1) is 5.82 Å². The smallest absolute Gasteiger partial charge is 0.219 e. The monoisotopic (exact) mass is 335 g/mol. The summed E-state index contributed by atoms with van der Waals surface area (Å²) in [4.78, 5) is 11.1. The average molecular weight is 336 g/mol. The minimum atomic E-state index is -0.472. The summed E-state index contributed by atoms with van der Waals surface area (Å²) in [5.74, 6) is -0.605. The number of alkyl halides is 1. The van der Waals surface area contributed by atoms with Gasteiger partial charge in [-0.3, -0.25) is 4.79 Å². The van der Waals surface area contributed by atoms with Crippen LogP contribution in [-0.2, 0) is 9.12 Å². The Hall–Kier alpha value is -1.68. The van der Waals surface area contributed by atoms with Crippen LogP contribution in [0.3, 0.4) is 0 Å².